The molecule has 0 aliphatic rings. The molecule has 2 aromatic carbocycles. The zero-order valence-corrected chi connectivity index (χ0v) is 23.7. The Kier molecular flexibility index (Phi) is 11.4. The Bertz CT molecular complexity index is 1420. The largest absolute Gasteiger partial charge is 0.494 e. The number of aromatic nitrogens is 1. The number of amides is 1. The first-order chi connectivity index (χ1) is 20.5. The zero-order valence-electron chi connectivity index (χ0n) is 23.7. The number of pyridine rings is 1. The second-order valence-corrected chi connectivity index (χ2v) is 9.63. The minimum atomic E-state index is -4.93. The van der Waals surface area contributed by atoms with Gasteiger partial charge in [0.2, 0.25) is 0 Å². The minimum Gasteiger partial charge on any atom is -0.494 e. The summed E-state index contributed by atoms with van der Waals surface area (Å²) in [5.41, 5.74) is 3.09. The minimum absolute atomic E-state index is 0.00166. The number of aliphatic hydroxyl groups is 1. The molecule has 0 bridgehead atoms. The molecular weight excluding hydrogens is 574 g/mol. The summed E-state index contributed by atoms with van der Waals surface area (Å²) in [4.78, 5) is 30.5. The molecule has 232 valence electrons. The summed E-state index contributed by atoms with van der Waals surface area (Å²) in [7, 11) is 2.70. The predicted octanol–water partition coefficient (Wildman–Crippen LogP) is 4.33. The van der Waals surface area contributed by atoms with Crippen molar-refractivity contribution in [3.8, 4) is 28.5 Å². The highest BCUT2D eigenvalue weighted by atomic mass is 19.4. The van der Waals surface area contributed by atoms with Crippen LogP contribution in [0.25, 0.3) is 11.3 Å². The number of carbonyl (C=O) groups excluding carboxylic acids is 2. The van der Waals surface area contributed by atoms with E-state index in [4.69, 9.17) is 25.1 Å². The van der Waals surface area contributed by atoms with E-state index in [1.54, 1.807) is 0 Å². The summed E-state index contributed by atoms with van der Waals surface area (Å²) in [6, 6.07) is 9.88. The molecule has 0 spiro atoms. The number of halogens is 4. The van der Waals surface area contributed by atoms with E-state index in [1.807, 2.05) is 0 Å². The fraction of sp³-hybridized carbons (Fsp3) is 0.367. The van der Waals surface area contributed by atoms with Crippen LogP contribution in [0.2, 0.25) is 0 Å². The third kappa shape index (κ3) is 8.42. The van der Waals surface area contributed by atoms with Gasteiger partial charge in [-0.3, -0.25) is 4.79 Å². The van der Waals surface area contributed by atoms with Crippen molar-refractivity contribution in [1.29, 1.82) is 0 Å². The lowest BCUT2D eigenvalue weighted by molar-refractivity contribution is -0.139. The highest BCUT2D eigenvalue weighted by Crippen LogP contribution is 2.36. The Morgan fingerprint density at radius 1 is 1.02 bits per heavy atom. The molecule has 1 heterocycles. The normalized spacial score (nSPS) is 12.7. The van der Waals surface area contributed by atoms with E-state index in [-0.39, 0.29) is 60.1 Å². The van der Waals surface area contributed by atoms with Crippen LogP contribution in [-0.2, 0) is 17.4 Å². The molecule has 0 radical (unpaired) electrons. The Hall–Kier alpha value is -4.23. The van der Waals surface area contributed by atoms with Crippen LogP contribution in [0.15, 0.2) is 48.5 Å². The highest BCUT2D eigenvalue weighted by molar-refractivity contribution is 5.97. The van der Waals surface area contributed by atoms with E-state index in [0.29, 0.717) is 43.6 Å². The summed E-state index contributed by atoms with van der Waals surface area (Å²) >= 11 is 0. The van der Waals surface area contributed by atoms with Gasteiger partial charge in [-0.15, -0.1) is 0 Å². The Morgan fingerprint density at radius 3 is 2.37 bits per heavy atom. The summed E-state index contributed by atoms with van der Waals surface area (Å²) in [5, 5.41) is 11.8. The number of aliphatic hydroxyl groups excluding tert-OH is 1. The molecule has 0 unspecified atom stereocenters. The van der Waals surface area contributed by atoms with Crippen molar-refractivity contribution in [3.05, 3.63) is 71.2 Å². The first kappa shape index (κ1) is 33.3. The van der Waals surface area contributed by atoms with E-state index in [9.17, 15) is 27.2 Å². The fourth-order valence-corrected chi connectivity index (χ4v) is 4.46. The van der Waals surface area contributed by atoms with Crippen molar-refractivity contribution < 1.29 is 46.5 Å². The quantitative estimate of drug-likeness (QED) is 0.132. The summed E-state index contributed by atoms with van der Waals surface area (Å²) in [6.07, 6.45) is -3.23. The van der Waals surface area contributed by atoms with E-state index in [0.717, 1.165) is 6.07 Å². The van der Waals surface area contributed by atoms with Crippen LogP contribution in [0.4, 0.5) is 17.6 Å². The molecule has 0 saturated heterocycles. The molecule has 0 aliphatic carbocycles. The Morgan fingerprint density at radius 2 is 1.74 bits per heavy atom. The van der Waals surface area contributed by atoms with Gasteiger partial charge in [0.25, 0.3) is 5.91 Å². The number of carbonyl (C=O) groups is 2. The number of benzene rings is 2. The van der Waals surface area contributed by atoms with E-state index in [2.05, 4.69) is 10.3 Å². The molecule has 3 rings (SSSR count). The fourth-order valence-electron chi connectivity index (χ4n) is 4.46. The number of nitrogens with two attached hydrogens (primary N) is 1. The van der Waals surface area contributed by atoms with E-state index < -0.39 is 29.0 Å². The van der Waals surface area contributed by atoms with Gasteiger partial charge in [0, 0.05) is 23.2 Å². The molecule has 3 aromatic rings. The molecule has 1 atom stereocenters. The smallest absolute Gasteiger partial charge is 0.419 e. The Balaban J connectivity index is 1.99. The molecule has 4 N–H and O–H groups in total. The number of aldehydes is 1. The average molecular weight is 608 g/mol. The van der Waals surface area contributed by atoms with Crippen molar-refractivity contribution >= 4 is 12.2 Å². The molecule has 1 aromatic heterocycles. The number of unbranched alkanes of at least 4 members (excludes halogenated alkanes) is 1. The summed E-state index contributed by atoms with van der Waals surface area (Å²) in [6.45, 7) is 0.151. The van der Waals surface area contributed by atoms with E-state index in [1.165, 1.54) is 44.6 Å². The van der Waals surface area contributed by atoms with Crippen LogP contribution in [0, 0.1) is 5.82 Å². The molecular formula is C30H33F4N3O6. The Labute approximate surface area is 246 Å². The van der Waals surface area contributed by atoms with Crippen LogP contribution in [0.5, 0.6) is 17.2 Å². The van der Waals surface area contributed by atoms with Gasteiger partial charge in [0.1, 0.15) is 35.7 Å². The number of alkyl halides is 3. The zero-order chi connectivity index (χ0) is 31.6. The lowest BCUT2D eigenvalue weighted by Gasteiger charge is -2.30. The SMILES string of the molecule is COc1cc(C(=O)N[C@](C=O)(CCCCN)Cc2ccc(OC)c(-c3ccc(F)c(C(F)(F)F)c3)n2)ccc1OCCO. The molecule has 0 fully saturated rings. The monoisotopic (exact) mass is 607 g/mol. The van der Waals surface area contributed by atoms with Gasteiger partial charge < -0.3 is 35.2 Å². The average Bonchev–Trinajstić information content (AvgIpc) is 2.99. The van der Waals surface area contributed by atoms with Gasteiger partial charge in [-0.1, -0.05) is 0 Å². The first-order valence-electron chi connectivity index (χ1n) is 13.3. The maximum absolute atomic E-state index is 14.0. The molecule has 1 amide bonds. The summed E-state index contributed by atoms with van der Waals surface area (Å²) < 4.78 is 70.2. The lowest BCUT2D eigenvalue weighted by atomic mass is 9.88. The van der Waals surface area contributed by atoms with Gasteiger partial charge in [-0.2, -0.15) is 13.2 Å². The maximum atomic E-state index is 14.0. The van der Waals surface area contributed by atoms with Crippen molar-refractivity contribution in [2.45, 2.75) is 37.4 Å². The number of nitrogens with zero attached hydrogens (tertiary/aromatic N) is 1. The number of methoxy groups -OCH3 is 2. The van der Waals surface area contributed by atoms with Crippen molar-refractivity contribution in [3.63, 3.8) is 0 Å². The van der Waals surface area contributed by atoms with Gasteiger partial charge in [0.05, 0.1) is 26.4 Å². The van der Waals surface area contributed by atoms with Crippen LogP contribution in [0.1, 0.15) is 40.9 Å². The lowest BCUT2D eigenvalue weighted by Crippen LogP contribution is -2.52. The van der Waals surface area contributed by atoms with Crippen LogP contribution < -0.4 is 25.3 Å². The second-order valence-electron chi connectivity index (χ2n) is 9.63. The first-order valence-corrected chi connectivity index (χ1v) is 13.3. The number of hydrogen-bond donors (Lipinski definition) is 3. The van der Waals surface area contributed by atoms with Gasteiger partial charge in [-0.05, 0) is 74.3 Å². The predicted molar refractivity (Wildman–Crippen MR) is 150 cm³/mol. The third-order valence-corrected chi connectivity index (χ3v) is 6.62. The number of nitrogens with one attached hydrogen (secondary N) is 1. The topological polar surface area (TPSA) is 133 Å². The van der Waals surface area contributed by atoms with Crippen molar-refractivity contribution in [2.75, 3.05) is 34.0 Å². The molecule has 0 aliphatic heterocycles. The number of hydrogen-bond acceptors (Lipinski definition) is 8. The molecule has 43 heavy (non-hydrogen) atoms. The van der Waals surface area contributed by atoms with Gasteiger partial charge >= 0.3 is 6.18 Å². The summed E-state index contributed by atoms with van der Waals surface area (Å²) in [5.74, 6) is -1.36. The second kappa shape index (κ2) is 14.8. The molecule has 0 saturated carbocycles. The van der Waals surface area contributed by atoms with Crippen LogP contribution >= 0.6 is 0 Å². The van der Waals surface area contributed by atoms with Crippen molar-refractivity contribution in [2.24, 2.45) is 5.73 Å². The number of rotatable bonds is 15. The van der Waals surface area contributed by atoms with Crippen LogP contribution in [0.3, 0.4) is 0 Å². The van der Waals surface area contributed by atoms with Gasteiger partial charge in [0.15, 0.2) is 11.5 Å². The third-order valence-electron chi connectivity index (χ3n) is 6.62. The van der Waals surface area contributed by atoms with Gasteiger partial charge in [-0.25, -0.2) is 9.37 Å². The standard InChI is InChI=1S/C30H33F4N3O6/c1-41-25-10-7-21(36-27(25)19-5-8-23(31)22(15-19)30(32,33)34)17-29(18-39,11-3-4-12-35)37-28(40)20-6-9-24(43-14-13-38)26(16-20)42-2/h5-10,15-16,18,38H,3-4,11-14,17,35H2,1-2H3,(H,37,40)/t29-/m1/s1. The molecule has 9 nitrogen and oxygen atoms in total. The van der Waals surface area contributed by atoms with Crippen molar-refractivity contribution in [1.82, 2.24) is 10.3 Å². The van der Waals surface area contributed by atoms with E-state index >= 15 is 0 Å². The highest BCUT2D eigenvalue weighted by Gasteiger charge is 2.35. The maximum Gasteiger partial charge on any atom is 0.419 e. The molecule has 13 heteroatoms. The number of ether oxygens (including phenoxy) is 3. The van der Waals surface area contributed by atoms with Crippen LogP contribution in [-0.4, -0.2) is 61.8 Å².